The van der Waals surface area contributed by atoms with Crippen LogP contribution in [-0.2, 0) is 4.74 Å². The number of aromatic nitrogens is 2. The van der Waals surface area contributed by atoms with E-state index in [1.54, 1.807) is 6.92 Å². The first-order valence-electron chi connectivity index (χ1n) is 5.41. The third-order valence-electron chi connectivity index (χ3n) is 3.12. The van der Waals surface area contributed by atoms with Crippen molar-refractivity contribution < 1.29 is 9.84 Å². The van der Waals surface area contributed by atoms with Gasteiger partial charge < -0.3 is 15.6 Å². The van der Waals surface area contributed by atoms with E-state index in [1.165, 1.54) is 16.8 Å². The summed E-state index contributed by atoms with van der Waals surface area (Å²) in [6.45, 7) is 1.74. The molecular formula is C10H14IN3O4. The monoisotopic (exact) mass is 367 g/mol. The summed E-state index contributed by atoms with van der Waals surface area (Å²) in [7, 11) is 0. The third-order valence-corrected chi connectivity index (χ3v) is 4.32. The summed E-state index contributed by atoms with van der Waals surface area (Å²) >= 11 is 2.02. The van der Waals surface area contributed by atoms with E-state index in [9.17, 15) is 14.7 Å². The van der Waals surface area contributed by atoms with Crippen LogP contribution in [0, 0.1) is 5.92 Å². The second-order valence-electron chi connectivity index (χ2n) is 4.42. The van der Waals surface area contributed by atoms with Gasteiger partial charge in [-0.1, -0.05) is 29.5 Å². The number of nitrogens with zero attached hydrogens (tertiary/aromatic N) is 1. The predicted octanol–water partition coefficient (Wildman–Crippen LogP) is -0.848. The van der Waals surface area contributed by atoms with Crippen LogP contribution in [0.3, 0.4) is 0 Å². The molecule has 0 aliphatic carbocycles. The van der Waals surface area contributed by atoms with E-state index in [1.807, 2.05) is 22.6 Å². The van der Waals surface area contributed by atoms with Crippen LogP contribution in [0.25, 0.3) is 0 Å². The molecule has 4 unspecified atom stereocenters. The van der Waals surface area contributed by atoms with Gasteiger partial charge in [0.05, 0.1) is 0 Å². The summed E-state index contributed by atoms with van der Waals surface area (Å²) in [5.41, 5.74) is 3.70. The van der Waals surface area contributed by atoms with Crippen molar-refractivity contribution in [2.24, 2.45) is 11.7 Å². The highest BCUT2D eigenvalue weighted by Crippen LogP contribution is 2.38. The lowest BCUT2D eigenvalue weighted by Crippen LogP contribution is -2.51. The molecule has 100 valence electrons. The summed E-state index contributed by atoms with van der Waals surface area (Å²) < 4.78 is 7.22. The van der Waals surface area contributed by atoms with E-state index in [0.717, 1.165) is 0 Å². The zero-order valence-electron chi connectivity index (χ0n) is 9.67. The normalized spacial score (nSPS) is 35.9. The van der Waals surface area contributed by atoms with Crippen molar-refractivity contribution in [2.75, 3.05) is 4.43 Å². The summed E-state index contributed by atoms with van der Waals surface area (Å²) in [6.07, 6.45) is -0.226. The molecule has 0 spiro atoms. The lowest BCUT2D eigenvalue weighted by molar-refractivity contribution is -0.0833. The van der Waals surface area contributed by atoms with Crippen LogP contribution in [0.5, 0.6) is 0 Å². The topological polar surface area (TPSA) is 110 Å². The zero-order chi connectivity index (χ0) is 13.5. The Morgan fingerprint density at radius 2 is 2.33 bits per heavy atom. The number of hydrogen-bond donors (Lipinski definition) is 3. The minimum atomic E-state index is -1.18. The maximum absolute atomic E-state index is 11.7. The maximum atomic E-state index is 11.7. The van der Waals surface area contributed by atoms with E-state index in [4.69, 9.17) is 10.5 Å². The first-order chi connectivity index (χ1) is 8.39. The van der Waals surface area contributed by atoms with Gasteiger partial charge >= 0.3 is 5.69 Å². The molecule has 18 heavy (non-hydrogen) atoms. The first kappa shape index (κ1) is 13.7. The van der Waals surface area contributed by atoms with Crippen LogP contribution in [0.4, 0.5) is 0 Å². The number of aliphatic hydroxyl groups is 1. The van der Waals surface area contributed by atoms with Crippen molar-refractivity contribution in [1.82, 2.24) is 9.55 Å². The molecule has 4 N–H and O–H groups in total. The van der Waals surface area contributed by atoms with E-state index in [-0.39, 0.29) is 5.92 Å². The Hall–Kier alpha value is -0.710. The number of hydrogen-bond acceptors (Lipinski definition) is 5. The van der Waals surface area contributed by atoms with Gasteiger partial charge in [-0.2, -0.15) is 0 Å². The molecule has 1 aromatic rings. The number of ether oxygens (including phenoxy) is 1. The maximum Gasteiger partial charge on any atom is 0.330 e. The second kappa shape index (κ2) is 4.76. The van der Waals surface area contributed by atoms with Crippen LogP contribution in [0.1, 0.15) is 13.2 Å². The molecule has 1 aromatic heterocycles. The van der Waals surface area contributed by atoms with Gasteiger partial charge in [0.15, 0.2) is 5.72 Å². The number of H-pyrrole nitrogens is 1. The fraction of sp³-hybridized carbons (Fsp3) is 0.600. The third kappa shape index (κ3) is 2.13. The van der Waals surface area contributed by atoms with Gasteiger partial charge in [-0.3, -0.25) is 14.3 Å². The molecule has 2 heterocycles. The number of aromatic amines is 1. The minimum absolute atomic E-state index is 0.353. The average Bonchev–Trinajstić information content (AvgIpc) is 2.55. The lowest BCUT2D eigenvalue weighted by atomic mass is 9.99. The predicted molar refractivity (Wildman–Crippen MR) is 72.4 cm³/mol. The van der Waals surface area contributed by atoms with E-state index >= 15 is 0 Å². The molecule has 4 atom stereocenters. The first-order valence-corrected chi connectivity index (χ1v) is 6.94. The van der Waals surface area contributed by atoms with E-state index in [2.05, 4.69) is 4.98 Å². The van der Waals surface area contributed by atoms with Crippen LogP contribution in [0.2, 0.25) is 0 Å². The molecule has 1 aliphatic rings. The summed E-state index contributed by atoms with van der Waals surface area (Å²) in [5, 5.41) is 10.1. The zero-order valence-corrected chi connectivity index (χ0v) is 11.8. The molecule has 2 rings (SSSR count). The molecule has 0 saturated carbocycles. The SMILES string of the molecule is CC1C(n2ccc(=O)[nH]c2=O)OC(N)(CI)C1O. The van der Waals surface area contributed by atoms with Crippen molar-refractivity contribution in [1.29, 1.82) is 0 Å². The molecule has 0 aromatic carbocycles. The van der Waals surface area contributed by atoms with Gasteiger partial charge in [0.2, 0.25) is 0 Å². The average molecular weight is 367 g/mol. The Morgan fingerprint density at radius 3 is 2.83 bits per heavy atom. The molecular weight excluding hydrogens is 353 g/mol. The molecule has 0 radical (unpaired) electrons. The Balaban J connectivity index is 2.41. The Labute approximate surface area is 116 Å². The van der Waals surface area contributed by atoms with Gasteiger partial charge in [-0.05, 0) is 0 Å². The fourth-order valence-corrected chi connectivity index (χ4v) is 2.68. The highest BCUT2D eigenvalue weighted by molar-refractivity contribution is 14.1. The largest absolute Gasteiger partial charge is 0.388 e. The summed E-state index contributed by atoms with van der Waals surface area (Å²) in [4.78, 5) is 24.8. The molecule has 7 nitrogen and oxygen atoms in total. The number of aliphatic hydroxyl groups excluding tert-OH is 1. The van der Waals surface area contributed by atoms with Crippen LogP contribution < -0.4 is 17.0 Å². The molecule has 8 heteroatoms. The van der Waals surface area contributed by atoms with Crippen LogP contribution in [-0.4, -0.2) is 30.9 Å². The van der Waals surface area contributed by atoms with Gasteiger partial charge in [0.1, 0.15) is 12.3 Å². The quantitative estimate of drug-likeness (QED) is 0.466. The van der Waals surface area contributed by atoms with Crippen molar-refractivity contribution in [3.05, 3.63) is 33.1 Å². The van der Waals surface area contributed by atoms with Crippen molar-refractivity contribution in [3.8, 4) is 0 Å². The van der Waals surface area contributed by atoms with Gasteiger partial charge in [-0.15, -0.1) is 0 Å². The number of halogens is 1. The number of alkyl halides is 1. The van der Waals surface area contributed by atoms with E-state index < -0.39 is 29.3 Å². The fourth-order valence-electron chi connectivity index (χ4n) is 2.05. The molecule has 0 bridgehead atoms. The van der Waals surface area contributed by atoms with Gasteiger partial charge in [-0.25, -0.2) is 4.79 Å². The van der Waals surface area contributed by atoms with Crippen molar-refractivity contribution in [3.63, 3.8) is 0 Å². The minimum Gasteiger partial charge on any atom is -0.388 e. The van der Waals surface area contributed by atoms with Crippen LogP contribution >= 0.6 is 22.6 Å². The van der Waals surface area contributed by atoms with Gasteiger partial charge in [0, 0.05) is 22.6 Å². The van der Waals surface area contributed by atoms with Crippen molar-refractivity contribution in [2.45, 2.75) is 25.0 Å². The lowest BCUT2D eigenvalue weighted by Gasteiger charge is -2.25. The number of rotatable bonds is 2. The molecule has 1 aliphatic heterocycles. The Kier molecular flexibility index (Phi) is 3.63. The Bertz CT molecular complexity index is 557. The van der Waals surface area contributed by atoms with Crippen LogP contribution in [0.15, 0.2) is 21.9 Å². The molecule has 0 amide bonds. The van der Waals surface area contributed by atoms with Crippen molar-refractivity contribution >= 4 is 22.6 Å². The summed E-state index contributed by atoms with van der Waals surface area (Å²) in [6, 6.07) is 1.23. The molecule has 1 fully saturated rings. The second-order valence-corrected chi connectivity index (χ2v) is 5.18. The standard InChI is InChI=1S/C10H14IN3O4/c1-5-7(16)10(12,4-11)18-8(5)14-3-2-6(15)13-9(14)17/h2-3,5,7-8,16H,4,12H2,1H3,(H,13,15,17). The van der Waals surface area contributed by atoms with E-state index in [0.29, 0.717) is 4.43 Å². The highest BCUT2D eigenvalue weighted by Gasteiger charge is 2.50. The highest BCUT2D eigenvalue weighted by atomic mass is 127. The summed E-state index contributed by atoms with van der Waals surface area (Å²) in [5.74, 6) is -0.353. The number of nitrogens with two attached hydrogens (primary N) is 1. The number of nitrogens with one attached hydrogen (secondary N) is 1. The smallest absolute Gasteiger partial charge is 0.330 e. The molecule has 1 saturated heterocycles. The van der Waals surface area contributed by atoms with Gasteiger partial charge in [0.25, 0.3) is 5.56 Å². The Morgan fingerprint density at radius 1 is 1.67 bits per heavy atom.